The van der Waals surface area contributed by atoms with Gasteiger partial charge >= 0.3 is 12.1 Å². The van der Waals surface area contributed by atoms with Crippen LogP contribution >= 0.6 is 0 Å². The van der Waals surface area contributed by atoms with Crippen LogP contribution in [0.25, 0.3) is 0 Å². The molecule has 0 aliphatic heterocycles. The van der Waals surface area contributed by atoms with E-state index in [-0.39, 0.29) is 30.4 Å². The molecule has 8 heteroatoms. The number of ether oxygens (including phenoxy) is 4. The topological polar surface area (TPSA) is 96.0 Å². The summed E-state index contributed by atoms with van der Waals surface area (Å²) in [5.74, 6) is -0.262. The first-order valence-electron chi connectivity index (χ1n) is 12.1. The number of aryl methyl sites for hydroxylation is 1. The third-order valence-corrected chi connectivity index (χ3v) is 5.17. The van der Waals surface area contributed by atoms with E-state index >= 15 is 0 Å². The minimum Gasteiger partial charge on any atom is -0.490 e. The SMILES string of the molecule is COc1nc(C)cc(OC[C@@H](Cc2ccccc2)NC(=O)OC(C)(C)C)c1C(=O)OCc1ccccc1. The van der Waals surface area contributed by atoms with Gasteiger partial charge in [-0.1, -0.05) is 60.7 Å². The molecule has 0 aliphatic rings. The van der Waals surface area contributed by atoms with Crippen LogP contribution in [0.15, 0.2) is 66.7 Å². The second kappa shape index (κ2) is 12.8. The number of benzene rings is 2. The number of pyridine rings is 1. The summed E-state index contributed by atoms with van der Waals surface area (Å²) < 4.78 is 22.5. The molecule has 0 spiro atoms. The van der Waals surface area contributed by atoms with Crippen LogP contribution in [0.3, 0.4) is 0 Å². The first kappa shape index (κ1) is 27.5. The van der Waals surface area contributed by atoms with E-state index in [1.54, 1.807) is 33.8 Å². The molecule has 0 saturated heterocycles. The minimum absolute atomic E-state index is 0.0692. The zero-order valence-corrected chi connectivity index (χ0v) is 21.9. The summed E-state index contributed by atoms with van der Waals surface area (Å²) in [5, 5.41) is 2.88. The van der Waals surface area contributed by atoms with Gasteiger partial charge in [0.05, 0.1) is 13.2 Å². The number of amides is 1. The number of nitrogens with zero attached hydrogens (tertiary/aromatic N) is 1. The Morgan fingerprint density at radius 1 is 0.973 bits per heavy atom. The molecule has 3 aromatic rings. The van der Waals surface area contributed by atoms with E-state index < -0.39 is 23.7 Å². The van der Waals surface area contributed by atoms with Crippen LogP contribution in [0.1, 0.15) is 48.0 Å². The van der Waals surface area contributed by atoms with Gasteiger partial charge in [-0.2, -0.15) is 0 Å². The van der Waals surface area contributed by atoms with Crippen LogP contribution in [-0.2, 0) is 22.5 Å². The first-order chi connectivity index (χ1) is 17.6. The molecule has 196 valence electrons. The van der Waals surface area contributed by atoms with E-state index in [0.29, 0.717) is 12.1 Å². The average molecular weight is 507 g/mol. The summed E-state index contributed by atoms with van der Waals surface area (Å²) in [6.07, 6.45) is -0.0577. The lowest BCUT2D eigenvalue weighted by Crippen LogP contribution is -2.43. The summed E-state index contributed by atoms with van der Waals surface area (Å²) in [7, 11) is 1.43. The number of hydrogen-bond acceptors (Lipinski definition) is 7. The van der Waals surface area contributed by atoms with Crippen molar-refractivity contribution in [3.63, 3.8) is 0 Å². The van der Waals surface area contributed by atoms with Gasteiger partial charge in [0.1, 0.15) is 24.6 Å². The van der Waals surface area contributed by atoms with Gasteiger partial charge in [0, 0.05) is 11.8 Å². The molecule has 0 fully saturated rings. The molecule has 1 atom stereocenters. The highest BCUT2D eigenvalue weighted by atomic mass is 16.6. The van der Waals surface area contributed by atoms with Gasteiger partial charge in [0.2, 0.25) is 5.88 Å². The Labute approximate surface area is 217 Å². The van der Waals surface area contributed by atoms with Crippen LogP contribution in [0.5, 0.6) is 11.6 Å². The molecule has 0 radical (unpaired) electrons. The van der Waals surface area contributed by atoms with Crippen LogP contribution in [0, 0.1) is 6.92 Å². The van der Waals surface area contributed by atoms with Crippen molar-refractivity contribution in [3.05, 3.63) is 89.1 Å². The molecule has 3 rings (SSSR count). The highest BCUT2D eigenvalue weighted by molar-refractivity contribution is 5.95. The molecule has 0 unspecified atom stereocenters. The van der Waals surface area contributed by atoms with Gasteiger partial charge in [-0.15, -0.1) is 0 Å². The lowest BCUT2D eigenvalue weighted by atomic mass is 10.1. The number of carbonyl (C=O) groups is 2. The van der Waals surface area contributed by atoms with Crippen molar-refractivity contribution in [2.75, 3.05) is 13.7 Å². The van der Waals surface area contributed by atoms with Crippen LogP contribution in [0.4, 0.5) is 4.79 Å². The Kier molecular flexibility index (Phi) is 9.49. The molecule has 1 heterocycles. The molecule has 1 aromatic heterocycles. The second-order valence-electron chi connectivity index (χ2n) is 9.55. The van der Waals surface area contributed by atoms with Crippen molar-refractivity contribution in [2.45, 2.75) is 52.4 Å². The third kappa shape index (κ3) is 8.83. The average Bonchev–Trinajstić information content (AvgIpc) is 2.85. The molecular formula is C29H34N2O6. The predicted molar refractivity (Wildman–Crippen MR) is 140 cm³/mol. The van der Waals surface area contributed by atoms with Crippen molar-refractivity contribution in [1.29, 1.82) is 0 Å². The fourth-order valence-electron chi connectivity index (χ4n) is 3.58. The zero-order valence-electron chi connectivity index (χ0n) is 21.9. The second-order valence-corrected chi connectivity index (χ2v) is 9.55. The molecule has 8 nitrogen and oxygen atoms in total. The number of aromatic nitrogens is 1. The molecule has 1 amide bonds. The number of nitrogens with one attached hydrogen (secondary N) is 1. The zero-order chi connectivity index (χ0) is 26.8. The van der Waals surface area contributed by atoms with E-state index in [1.807, 2.05) is 60.7 Å². The number of carbonyl (C=O) groups excluding carboxylic acids is 2. The highest BCUT2D eigenvalue weighted by Crippen LogP contribution is 2.29. The van der Waals surface area contributed by atoms with Gasteiger partial charge < -0.3 is 24.3 Å². The smallest absolute Gasteiger partial charge is 0.408 e. The molecule has 0 aliphatic carbocycles. The third-order valence-electron chi connectivity index (χ3n) is 5.17. The van der Waals surface area contributed by atoms with Crippen LogP contribution in [-0.4, -0.2) is 42.4 Å². The fourth-order valence-corrected chi connectivity index (χ4v) is 3.58. The maximum Gasteiger partial charge on any atom is 0.408 e. The summed E-state index contributed by atoms with van der Waals surface area (Å²) in [5.41, 5.74) is 1.90. The lowest BCUT2D eigenvalue weighted by molar-refractivity contribution is 0.0449. The van der Waals surface area contributed by atoms with E-state index in [9.17, 15) is 9.59 Å². The van der Waals surface area contributed by atoms with Gasteiger partial charge in [0.15, 0.2) is 5.56 Å². The van der Waals surface area contributed by atoms with E-state index in [2.05, 4.69) is 10.3 Å². The largest absolute Gasteiger partial charge is 0.490 e. The van der Waals surface area contributed by atoms with Gasteiger partial charge in [-0.05, 0) is 45.2 Å². The number of esters is 1. The Balaban J connectivity index is 1.80. The number of methoxy groups -OCH3 is 1. The standard InChI is InChI=1S/C29H34N2O6/c1-20-16-24(25(26(30-20)34-5)27(32)36-18-22-14-10-7-11-15-22)35-19-23(17-21-12-8-6-9-13-21)31-28(33)37-29(2,3)4/h6-16,23H,17-19H2,1-5H3,(H,31,33)/t23-/m1/s1. The normalized spacial score (nSPS) is 11.8. The lowest BCUT2D eigenvalue weighted by Gasteiger charge is -2.24. The Hall–Kier alpha value is -4.07. The van der Waals surface area contributed by atoms with Crippen molar-refractivity contribution >= 4 is 12.1 Å². The summed E-state index contributed by atoms with van der Waals surface area (Å²) in [6, 6.07) is 20.3. The van der Waals surface area contributed by atoms with Crippen molar-refractivity contribution in [2.24, 2.45) is 0 Å². The monoisotopic (exact) mass is 506 g/mol. The molecule has 0 bridgehead atoms. The number of rotatable bonds is 10. The van der Waals surface area contributed by atoms with Crippen molar-refractivity contribution < 1.29 is 28.5 Å². The Bertz CT molecular complexity index is 1180. The van der Waals surface area contributed by atoms with Crippen molar-refractivity contribution in [3.8, 4) is 11.6 Å². The van der Waals surface area contributed by atoms with Crippen LogP contribution < -0.4 is 14.8 Å². The van der Waals surface area contributed by atoms with Gasteiger partial charge in [-0.25, -0.2) is 14.6 Å². The molecule has 2 aromatic carbocycles. The summed E-state index contributed by atoms with van der Waals surface area (Å²) in [4.78, 5) is 29.9. The summed E-state index contributed by atoms with van der Waals surface area (Å²) >= 11 is 0. The quantitative estimate of drug-likeness (QED) is 0.374. The molecule has 0 saturated carbocycles. The van der Waals surface area contributed by atoms with E-state index in [0.717, 1.165) is 11.1 Å². The van der Waals surface area contributed by atoms with E-state index in [1.165, 1.54) is 7.11 Å². The van der Waals surface area contributed by atoms with Crippen molar-refractivity contribution in [1.82, 2.24) is 10.3 Å². The maximum atomic E-state index is 13.1. The first-order valence-corrected chi connectivity index (χ1v) is 12.1. The van der Waals surface area contributed by atoms with Crippen LogP contribution in [0.2, 0.25) is 0 Å². The molecule has 37 heavy (non-hydrogen) atoms. The Morgan fingerprint density at radius 3 is 2.19 bits per heavy atom. The van der Waals surface area contributed by atoms with E-state index in [4.69, 9.17) is 18.9 Å². The minimum atomic E-state index is -0.645. The maximum absolute atomic E-state index is 13.1. The summed E-state index contributed by atoms with van der Waals surface area (Å²) in [6.45, 7) is 7.33. The van der Waals surface area contributed by atoms with Gasteiger partial charge in [-0.3, -0.25) is 0 Å². The number of alkyl carbamates (subject to hydrolysis) is 1. The fraction of sp³-hybridized carbons (Fsp3) is 0.345. The Morgan fingerprint density at radius 2 is 1.59 bits per heavy atom. The highest BCUT2D eigenvalue weighted by Gasteiger charge is 2.25. The predicted octanol–water partition coefficient (Wildman–Crippen LogP) is 5.27. The van der Waals surface area contributed by atoms with Gasteiger partial charge in [0.25, 0.3) is 0 Å². The molecular weight excluding hydrogens is 472 g/mol. The number of hydrogen-bond donors (Lipinski definition) is 1. The molecule has 1 N–H and O–H groups in total.